The minimum Gasteiger partial charge on any atom is -0.390 e. The number of aliphatic hydroxyl groups excluding tert-OH is 1. The minimum absolute atomic E-state index is 0.265. The molecule has 1 saturated heterocycles. The maximum absolute atomic E-state index is 9.73. The van der Waals surface area contributed by atoms with Crippen molar-refractivity contribution in [2.24, 2.45) is 0 Å². The van der Waals surface area contributed by atoms with Crippen LogP contribution in [0, 0.1) is 0 Å². The van der Waals surface area contributed by atoms with Crippen LogP contribution in [0.2, 0.25) is 0 Å². The number of aliphatic hydroxyl groups is 1. The monoisotopic (exact) mass is 243 g/mol. The van der Waals surface area contributed by atoms with Crippen molar-refractivity contribution >= 4 is 0 Å². The lowest BCUT2D eigenvalue weighted by Gasteiger charge is -2.32. The van der Waals surface area contributed by atoms with Crippen LogP contribution in [-0.2, 0) is 0 Å². The molecule has 4 nitrogen and oxygen atoms in total. The Hall–Kier alpha value is -0.160. The standard InChI is InChI=1S/C13H29N3O/c1-12(16-7-5-4-6-8-16)9-14-10-13(17)11-15(2)3/h12-14,17H,4-11H2,1-3H3. The van der Waals surface area contributed by atoms with Crippen LogP contribution in [0.5, 0.6) is 0 Å². The molecule has 1 rings (SSSR count). The molecule has 2 N–H and O–H groups in total. The van der Waals surface area contributed by atoms with Gasteiger partial charge in [-0.3, -0.25) is 4.90 Å². The highest BCUT2D eigenvalue weighted by atomic mass is 16.3. The van der Waals surface area contributed by atoms with Gasteiger partial charge >= 0.3 is 0 Å². The van der Waals surface area contributed by atoms with Crippen molar-refractivity contribution in [1.82, 2.24) is 15.1 Å². The molecule has 0 saturated carbocycles. The van der Waals surface area contributed by atoms with Gasteiger partial charge in [-0.25, -0.2) is 0 Å². The van der Waals surface area contributed by atoms with E-state index in [-0.39, 0.29) is 6.10 Å². The molecule has 0 aliphatic carbocycles. The molecule has 0 bridgehead atoms. The van der Waals surface area contributed by atoms with Crippen molar-refractivity contribution in [3.05, 3.63) is 0 Å². The molecular weight excluding hydrogens is 214 g/mol. The van der Waals surface area contributed by atoms with Gasteiger partial charge < -0.3 is 15.3 Å². The number of likely N-dealkylation sites (tertiary alicyclic amines) is 1. The highest BCUT2D eigenvalue weighted by Gasteiger charge is 2.16. The average Bonchev–Trinajstić information content (AvgIpc) is 2.29. The molecule has 0 aromatic rings. The first-order valence-corrected chi connectivity index (χ1v) is 6.87. The van der Waals surface area contributed by atoms with Gasteiger partial charge in [-0.15, -0.1) is 0 Å². The van der Waals surface area contributed by atoms with Gasteiger partial charge in [-0.2, -0.15) is 0 Å². The average molecular weight is 243 g/mol. The molecule has 0 aromatic heterocycles. The Bertz CT molecular complexity index is 193. The third-order valence-corrected chi connectivity index (χ3v) is 3.41. The van der Waals surface area contributed by atoms with Crippen molar-refractivity contribution in [2.45, 2.75) is 38.3 Å². The number of piperidine rings is 1. The third kappa shape index (κ3) is 6.36. The van der Waals surface area contributed by atoms with Crippen molar-refractivity contribution < 1.29 is 5.11 Å². The van der Waals surface area contributed by atoms with E-state index in [1.807, 2.05) is 19.0 Å². The maximum atomic E-state index is 9.73. The topological polar surface area (TPSA) is 38.7 Å². The Morgan fingerprint density at radius 2 is 1.82 bits per heavy atom. The van der Waals surface area contributed by atoms with E-state index >= 15 is 0 Å². The highest BCUT2D eigenvalue weighted by Crippen LogP contribution is 2.11. The first-order chi connectivity index (χ1) is 8.09. The first kappa shape index (κ1) is 14.9. The minimum atomic E-state index is -0.265. The Morgan fingerprint density at radius 3 is 2.41 bits per heavy atom. The number of nitrogens with one attached hydrogen (secondary N) is 1. The second kappa shape index (κ2) is 8.03. The largest absolute Gasteiger partial charge is 0.390 e. The Balaban J connectivity index is 2.08. The van der Waals surface area contributed by atoms with Gasteiger partial charge in [-0.05, 0) is 47.0 Å². The van der Waals surface area contributed by atoms with Gasteiger partial charge in [0.25, 0.3) is 0 Å². The van der Waals surface area contributed by atoms with Gasteiger partial charge in [-0.1, -0.05) is 6.42 Å². The van der Waals surface area contributed by atoms with Crippen LogP contribution in [0.25, 0.3) is 0 Å². The Labute approximate surface area is 106 Å². The summed E-state index contributed by atoms with van der Waals surface area (Å²) in [5.41, 5.74) is 0. The molecule has 1 aliphatic rings. The molecule has 1 aliphatic heterocycles. The fourth-order valence-electron chi connectivity index (χ4n) is 2.43. The van der Waals surface area contributed by atoms with E-state index in [9.17, 15) is 5.11 Å². The maximum Gasteiger partial charge on any atom is 0.0791 e. The van der Waals surface area contributed by atoms with Gasteiger partial charge in [0.05, 0.1) is 6.10 Å². The van der Waals surface area contributed by atoms with E-state index in [0.29, 0.717) is 12.6 Å². The summed E-state index contributed by atoms with van der Waals surface area (Å²) < 4.78 is 0. The Kier molecular flexibility index (Phi) is 7.04. The quantitative estimate of drug-likeness (QED) is 0.678. The van der Waals surface area contributed by atoms with Crippen molar-refractivity contribution in [3.63, 3.8) is 0 Å². The van der Waals surface area contributed by atoms with Crippen LogP contribution in [0.4, 0.5) is 0 Å². The molecule has 2 unspecified atom stereocenters. The second-order valence-electron chi connectivity index (χ2n) is 5.52. The summed E-state index contributed by atoms with van der Waals surface area (Å²) in [7, 11) is 3.97. The third-order valence-electron chi connectivity index (χ3n) is 3.41. The summed E-state index contributed by atoms with van der Waals surface area (Å²) in [6.07, 6.45) is 3.80. The molecule has 0 spiro atoms. The van der Waals surface area contributed by atoms with E-state index in [2.05, 4.69) is 17.1 Å². The molecule has 4 heteroatoms. The van der Waals surface area contributed by atoms with Crippen LogP contribution in [0.3, 0.4) is 0 Å². The van der Waals surface area contributed by atoms with Crippen LogP contribution >= 0.6 is 0 Å². The van der Waals surface area contributed by atoms with Crippen molar-refractivity contribution in [1.29, 1.82) is 0 Å². The zero-order valence-electron chi connectivity index (χ0n) is 11.7. The molecule has 0 amide bonds. The van der Waals surface area contributed by atoms with Crippen LogP contribution in [-0.4, -0.2) is 73.9 Å². The fraction of sp³-hybridized carbons (Fsp3) is 1.00. The number of nitrogens with zero attached hydrogens (tertiary/aromatic N) is 2. The van der Waals surface area contributed by atoms with Gasteiger partial charge in [0.15, 0.2) is 0 Å². The predicted octanol–water partition coefficient (Wildman–Crippen LogP) is 0.373. The summed E-state index contributed by atoms with van der Waals surface area (Å²) in [5.74, 6) is 0. The smallest absolute Gasteiger partial charge is 0.0791 e. The zero-order valence-corrected chi connectivity index (χ0v) is 11.7. The molecule has 17 heavy (non-hydrogen) atoms. The Morgan fingerprint density at radius 1 is 1.18 bits per heavy atom. The molecule has 0 aromatic carbocycles. The second-order valence-corrected chi connectivity index (χ2v) is 5.52. The fourth-order valence-corrected chi connectivity index (χ4v) is 2.43. The molecule has 0 radical (unpaired) electrons. The normalized spacial score (nSPS) is 21.7. The highest BCUT2D eigenvalue weighted by molar-refractivity contribution is 4.74. The lowest BCUT2D eigenvalue weighted by Crippen LogP contribution is -2.45. The van der Waals surface area contributed by atoms with E-state index in [4.69, 9.17) is 0 Å². The van der Waals surface area contributed by atoms with Crippen LogP contribution in [0.15, 0.2) is 0 Å². The van der Waals surface area contributed by atoms with Gasteiger partial charge in [0.1, 0.15) is 0 Å². The lowest BCUT2D eigenvalue weighted by molar-refractivity contribution is 0.126. The number of hydrogen-bond donors (Lipinski definition) is 2. The number of likely N-dealkylation sites (N-methyl/N-ethyl adjacent to an activating group) is 1. The SMILES string of the molecule is CC(CNCC(O)CN(C)C)N1CCCCC1. The number of rotatable bonds is 7. The molecule has 2 atom stereocenters. The molecule has 102 valence electrons. The van der Waals surface area contributed by atoms with E-state index in [1.165, 1.54) is 32.4 Å². The van der Waals surface area contributed by atoms with Crippen molar-refractivity contribution in [3.8, 4) is 0 Å². The van der Waals surface area contributed by atoms with Crippen LogP contribution < -0.4 is 5.32 Å². The van der Waals surface area contributed by atoms with Gasteiger partial charge in [0.2, 0.25) is 0 Å². The summed E-state index contributed by atoms with van der Waals surface area (Å²) in [5, 5.41) is 13.1. The molecule has 1 fully saturated rings. The van der Waals surface area contributed by atoms with Crippen molar-refractivity contribution in [2.75, 3.05) is 46.8 Å². The summed E-state index contributed by atoms with van der Waals surface area (Å²) in [6, 6.07) is 0.585. The zero-order chi connectivity index (χ0) is 12.7. The van der Waals surface area contributed by atoms with E-state index in [0.717, 1.165) is 13.1 Å². The summed E-state index contributed by atoms with van der Waals surface area (Å²) in [6.45, 7) is 7.15. The lowest BCUT2D eigenvalue weighted by atomic mass is 10.1. The molecular formula is C13H29N3O. The first-order valence-electron chi connectivity index (χ1n) is 6.87. The van der Waals surface area contributed by atoms with Crippen LogP contribution in [0.1, 0.15) is 26.2 Å². The van der Waals surface area contributed by atoms with E-state index in [1.54, 1.807) is 0 Å². The van der Waals surface area contributed by atoms with E-state index < -0.39 is 0 Å². The summed E-state index contributed by atoms with van der Waals surface area (Å²) >= 11 is 0. The summed E-state index contributed by atoms with van der Waals surface area (Å²) in [4.78, 5) is 4.56. The predicted molar refractivity (Wildman–Crippen MR) is 72.3 cm³/mol. The molecule has 1 heterocycles. The van der Waals surface area contributed by atoms with Gasteiger partial charge in [0, 0.05) is 25.7 Å². The number of hydrogen-bond acceptors (Lipinski definition) is 4.